The van der Waals surface area contributed by atoms with Crippen molar-refractivity contribution in [3.63, 3.8) is 0 Å². The van der Waals surface area contributed by atoms with Crippen LogP contribution >= 0.6 is 15.9 Å². The van der Waals surface area contributed by atoms with Crippen molar-refractivity contribution in [1.82, 2.24) is 0 Å². The fourth-order valence-corrected chi connectivity index (χ4v) is 1.66. The maximum atomic E-state index is 12.5. The summed E-state index contributed by atoms with van der Waals surface area (Å²) in [5.74, 6) is -0.921. The zero-order valence-electron chi connectivity index (χ0n) is 8.06. The number of nitrogen functional groups attached to an aromatic ring is 1. The lowest BCUT2D eigenvalue weighted by Gasteiger charge is -2.13. The molecule has 0 heterocycles. The highest BCUT2D eigenvalue weighted by Crippen LogP contribution is 2.37. The fourth-order valence-electron chi connectivity index (χ4n) is 1.15. The van der Waals surface area contributed by atoms with Crippen molar-refractivity contribution in [3.8, 4) is 0 Å². The molecule has 1 rings (SSSR count). The van der Waals surface area contributed by atoms with Gasteiger partial charge in [-0.3, -0.25) is 0 Å². The largest absolute Gasteiger partial charge is 0.465 e. The van der Waals surface area contributed by atoms with E-state index in [0.717, 1.165) is 19.2 Å². The summed E-state index contributed by atoms with van der Waals surface area (Å²) in [6.07, 6.45) is -4.60. The van der Waals surface area contributed by atoms with Crippen LogP contribution in [0.15, 0.2) is 16.6 Å². The number of alkyl halides is 3. The van der Waals surface area contributed by atoms with E-state index in [1.54, 1.807) is 0 Å². The number of carbonyl (C=O) groups excluding carboxylic acids is 1. The average molecular weight is 298 g/mol. The number of halogens is 4. The third kappa shape index (κ3) is 2.29. The van der Waals surface area contributed by atoms with Crippen molar-refractivity contribution in [1.29, 1.82) is 0 Å². The van der Waals surface area contributed by atoms with Gasteiger partial charge in [0.25, 0.3) is 0 Å². The van der Waals surface area contributed by atoms with Crippen molar-refractivity contribution in [2.75, 3.05) is 12.8 Å². The lowest BCUT2D eigenvalue weighted by atomic mass is 10.1. The van der Waals surface area contributed by atoms with Crippen LogP contribution in [0, 0.1) is 0 Å². The second kappa shape index (κ2) is 4.32. The van der Waals surface area contributed by atoms with Gasteiger partial charge in [-0.25, -0.2) is 4.79 Å². The Morgan fingerprint density at radius 2 is 2.00 bits per heavy atom. The van der Waals surface area contributed by atoms with Gasteiger partial charge in [0, 0.05) is 4.47 Å². The van der Waals surface area contributed by atoms with E-state index in [0.29, 0.717) is 0 Å². The zero-order chi connectivity index (χ0) is 12.5. The molecule has 0 saturated carbocycles. The predicted octanol–water partition coefficient (Wildman–Crippen LogP) is 2.84. The smallest absolute Gasteiger partial charge is 0.418 e. The molecule has 0 amide bonds. The molecule has 0 spiro atoms. The summed E-state index contributed by atoms with van der Waals surface area (Å²) in [7, 11) is 1.06. The number of benzene rings is 1. The van der Waals surface area contributed by atoms with Crippen LogP contribution in [0.2, 0.25) is 0 Å². The molecular weight excluding hydrogens is 291 g/mol. The third-order valence-electron chi connectivity index (χ3n) is 1.89. The molecule has 1 aromatic carbocycles. The molecule has 3 nitrogen and oxygen atoms in total. The molecule has 0 radical (unpaired) electrons. The van der Waals surface area contributed by atoms with E-state index in [1.807, 2.05) is 0 Å². The van der Waals surface area contributed by atoms with Crippen LogP contribution in [0.3, 0.4) is 0 Å². The van der Waals surface area contributed by atoms with Gasteiger partial charge in [-0.2, -0.15) is 13.2 Å². The predicted molar refractivity (Wildman–Crippen MR) is 54.9 cm³/mol. The molecule has 88 valence electrons. The zero-order valence-corrected chi connectivity index (χ0v) is 9.65. The molecule has 0 atom stereocenters. The summed E-state index contributed by atoms with van der Waals surface area (Å²) in [4.78, 5) is 11.2. The number of ether oxygens (including phenoxy) is 1. The number of esters is 1. The molecule has 0 bridgehead atoms. The fraction of sp³-hybridized carbons (Fsp3) is 0.222. The Morgan fingerprint density at radius 1 is 1.44 bits per heavy atom. The van der Waals surface area contributed by atoms with E-state index in [2.05, 4.69) is 20.7 Å². The van der Waals surface area contributed by atoms with Crippen molar-refractivity contribution < 1.29 is 22.7 Å². The van der Waals surface area contributed by atoms with Crippen molar-refractivity contribution >= 4 is 27.6 Å². The lowest BCUT2D eigenvalue weighted by Crippen LogP contribution is -2.14. The van der Waals surface area contributed by atoms with Crippen molar-refractivity contribution in [2.24, 2.45) is 0 Å². The normalized spacial score (nSPS) is 11.3. The number of rotatable bonds is 1. The molecule has 0 saturated heterocycles. The van der Waals surface area contributed by atoms with E-state index in [4.69, 9.17) is 5.73 Å². The first kappa shape index (κ1) is 12.8. The number of hydrogen-bond acceptors (Lipinski definition) is 3. The maximum absolute atomic E-state index is 12.5. The van der Waals surface area contributed by atoms with Crippen LogP contribution in [0.5, 0.6) is 0 Å². The number of nitrogens with two attached hydrogens (primary N) is 1. The second-order valence-corrected chi connectivity index (χ2v) is 3.73. The Labute approximate surface area is 97.5 Å². The molecular formula is C9H7BrF3NO2. The Balaban J connectivity index is 3.45. The van der Waals surface area contributed by atoms with Gasteiger partial charge in [-0.05, 0) is 28.1 Å². The molecule has 0 aliphatic heterocycles. The van der Waals surface area contributed by atoms with Gasteiger partial charge >= 0.3 is 12.1 Å². The monoisotopic (exact) mass is 297 g/mol. The van der Waals surface area contributed by atoms with Crippen molar-refractivity contribution in [2.45, 2.75) is 6.18 Å². The van der Waals surface area contributed by atoms with Gasteiger partial charge in [-0.1, -0.05) is 0 Å². The highest BCUT2D eigenvalue weighted by molar-refractivity contribution is 9.10. The Kier molecular flexibility index (Phi) is 3.47. The molecule has 2 N–H and O–H groups in total. The summed E-state index contributed by atoms with van der Waals surface area (Å²) in [5, 5.41) is 0. The molecule has 0 aliphatic rings. The molecule has 7 heteroatoms. The number of methoxy groups -OCH3 is 1. The summed E-state index contributed by atoms with van der Waals surface area (Å²) in [6.45, 7) is 0. The molecule has 1 aromatic rings. The minimum absolute atomic E-state index is 0.157. The van der Waals surface area contributed by atoms with E-state index >= 15 is 0 Å². The quantitative estimate of drug-likeness (QED) is 0.640. The van der Waals surface area contributed by atoms with Gasteiger partial charge in [0.2, 0.25) is 0 Å². The van der Waals surface area contributed by atoms with Crippen LogP contribution in [0.1, 0.15) is 15.9 Å². The van der Waals surface area contributed by atoms with Crippen LogP contribution in [-0.4, -0.2) is 13.1 Å². The van der Waals surface area contributed by atoms with Gasteiger partial charge < -0.3 is 10.5 Å². The van der Waals surface area contributed by atoms with Crippen LogP contribution < -0.4 is 5.73 Å². The van der Waals surface area contributed by atoms with Crippen LogP contribution in [0.25, 0.3) is 0 Å². The number of anilines is 1. The van der Waals surface area contributed by atoms with Gasteiger partial charge in [0.05, 0.1) is 23.9 Å². The van der Waals surface area contributed by atoms with Gasteiger partial charge in [0.15, 0.2) is 0 Å². The Hall–Kier alpha value is -1.24. The second-order valence-electron chi connectivity index (χ2n) is 2.87. The van der Waals surface area contributed by atoms with Gasteiger partial charge in [-0.15, -0.1) is 0 Å². The average Bonchev–Trinajstić information content (AvgIpc) is 2.15. The Bertz CT molecular complexity index is 431. The molecule has 0 unspecified atom stereocenters. The molecule has 0 aliphatic carbocycles. The van der Waals surface area contributed by atoms with E-state index in [9.17, 15) is 18.0 Å². The van der Waals surface area contributed by atoms with Gasteiger partial charge in [0.1, 0.15) is 0 Å². The maximum Gasteiger partial charge on any atom is 0.418 e. The summed E-state index contributed by atoms with van der Waals surface area (Å²) in [6, 6.07) is 1.90. The topological polar surface area (TPSA) is 52.3 Å². The molecule has 0 aromatic heterocycles. The van der Waals surface area contributed by atoms with Crippen LogP contribution in [-0.2, 0) is 10.9 Å². The first-order valence-electron chi connectivity index (χ1n) is 4.02. The summed E-state index contributed by atoms with van der Waals surface area (Å²) in [5.41, 5.74) is 3.27. The van der Waals surface area contributed by atoms with Crippen molar-refractivity contribution in [3.05, 3.63) is 27.7 Å². The lowest BCUT2D eigenvalue weighted by molar-refractivity contribution is -0.136. The molecule has 0 fully saturated rings. The Morgan fingerprint density at radius 3 is 2.44 bits per heavy atom. The molecule has 16 heavy (non-hydrogen) atoms. The van der Waals surface area contributed by atoms with E-state index in [-0.39, 0.29) is 10.0 Å². The highest BCUT2D eigenvalue weighted by atomic mass is 79.9. The minimum atomic E-state index is -4.60. The first-order chi connectivity index (χ1) is 7.29. The minimum Gasteiger partial charge on any atom is -0.465 e. The summed E-state index contributed by atoms with van der Waals surface area (Å²) >= 11 is 2.94. The highest BCUT2D eigenvalue weighted by Gasteiger charge is 2.35. The summed E-state index contributed by atoms with van der Waals surface area (Å²) < 4.78 is 41.9. The standard InChI is InChI=1S/C9H7BrF3NO2/c1-16-8(15)6-5(10)3-2-4(7(6)14)9(11,12)13/h2-3H,14H2,1H3. The van der Waals surface area contributed by atoms with Crippen LogP contribution in [0.4, 0.5) is 18.9 Å². The number of hydrogen-bond donors (Lipinski definition) is 1. The third-order valence-corrected chi connectivity index (χ3v) is 2.55. The SMILES string of the molecule is COC(=O)c1c(Br)ccc(C(F)(F)F)c1N. The van der Waals surface area contributed by atoms with E-state index < -0.39 is 23.4 Å². The first-order valence-corrected chi connectivity index (χ1v) is 4.81. The van der Waals surface area contributed by atoms with E-state index in [1.165, 1.54) is 0 Å². The number of carbonyl (C=O) groups is 1.